The van der Waals surface area contributed by atoms with Crippen LogP contribution in [0, 0.1) is 0 Å². The summed E-state index contributed by atoms with van der Waals surface area (Å²) in [5.41, 5.74) is 0.993. The van der Waals surface area contributed by atoms with Gasteiger partial charge in [0.25, 0.3) is 5.91 Å². The molecule has 0 saturated carbocycles. The topological polar surface area (TPSA) is 45.6 Å². The molecule has 0 aliphatic carbocycles. The number of carbonyl (C=O) groups excluding carboxylic acids is 1. The van der Waals surface area contributed by atoms with E-state index in [4.69, 9.17) is 0 Å². The molecule has 1 amide bonds. The van der Waals surface area contributed by atoms with E-state index >= 15 is 0 Å². The number of hydrogen-bond acceptors (Lipinski definition) is 5. The normalized spacial score (nSPS) is 18.4. The van der Waals surface area contributed by atoms with Crippen molar-refractivity contribution in [3.05, 3.63) is 65.0 Å². The number of benzene rings is 1. The molecule has 110 valence electrons. The third-order valence-corrected chi connectivity index (χ3v) is 4.58. The van der Waals surface area contributed by atoms with Gasteiger partial charge >= 0.3 is 0 Å². The van der Waals surface area contributed by atoms with Crippen LogP contribution >= 0.6 is 23.1 Å². The summed E-state index contributed by atoms with van der Waals surface area (Å²) in [5, 5.41) is 3.15. The van der Waals surface area contributed by atoms with E-state index in [0.717, 1.165) is 5.56 Å². The zero-order valence-corrected chi connectivity index (χ0v) is 13.3. The lowest BCUT2D eigenvalue weighted by Gasteiger charge is -2.11. The predicted molar refractivity (Wildman–Crippen MR) is 93.1 cm³/mol. The van der Waals surface area contributed by atoms with Crippen LogP contribution in [0.5, 0.6) is 0 Å². The molecule has 0 bridgehead atoms. The van der Waals surface area contributed by atoms with E-state index in [9.17, 15) is 4.79 Å². The van der Waals surface area contributed by atoms with Crippen LogP contribution in [0.3, 0.4) is 0 Å². The Bertz CT molecular complexity index is 736. The molecule has 4 nitrogen and oxygen atoms in total. The van der Waals surface area contributed by atoms with Gasteiger partial charge in [-0.2, -0.15) is 4.99 Å². The third kappa shape index (κ3) is 3.18. The molecule has 0 unspecified atom stereocenters. The van der Waals surface area contributed by atoms with Gasteiger partial charge < -0.3 is 0 Å². The number of aliphatic imine (C=N–C) groups is 1. The Labute approximate surface area is 136 Å². The fraction of sp³-hybridized carbons (Fsp3) is 0.0625. The maximum absolute atomic E-state index is 12.5. The number of thiazole rings is 1. The Kier molecular flexibility index (Phi) is 4.50. The first-order chi connectivity index (χ1) is 10.8. The number of amides is 1. The van der Waals surface area contributed by atoms with E-state index < -0.39 is 0 Å². The molecule has 3 rings (SSSR count). The number of rotatable bonds is 4. The summed E-state index contributed by atoms with van der Waals surface area (Å²) in [4.78, 5) is 23.4. The molecule has 0 spiro atoms. The molecule has 2 aromatic rings. The zero-order valence-electron chi connectivity index (χ0n) is 11.7. The number of carbonyl (C=O) groups is 1. The molecule has 0 N–H and O–H groups in total. The van der Waals surface area contributed by atoms with Gasteiger partial charge in [0, 0.05) is 18.1 Å². The molecule has 0 atom stereocenters. The van der Waals surface area contributed by atoms with Crippen LogP contribution in [-0.4, -0.2) is 27.5 Å². The first-order valence-corrected chi connectivity index (χ1v) is 8.33. The van der Waals surface area contributed by atoms with Gasteiger partial charge in [-0.15, -0.1) is 17.9 Å². The second-order valence-electron chi connectivity index (χ2n) is 4.43. The highest BCUT2D eigenvalue weighted by molar-refractivity contribution is 8.18. The molecule has 1 aliphatic heterocycles. The van der Waals surface area contributed by atoms with Gasteiger partial charge in [0.05, 0.1) is 4.91 Å². The van der Waals surface area contributed by atoms with Crippen LogP contribution < -0.4 is 0 Å². The van der Waals surface area contributed by atoms with Gasteiger partial charge in [-0.3, -0.25) is 9.69 Å². The minimum absolute atomic E-state index is 0.0518. The highest BCUT2D eigenvalue weighted by Gasteiger charge is 2.32. The average molecular weight is 327 g/mol. The molecule has 1 aliphatic rings. The lowest BCUT2D eigenvalue weighted by atomic mass is 10.2. The first kappa shape index (κ1) is 14.7. The zero-order chi connectivity index (χ0) is 15.4. The van der Waals surface area contributed by atoms with E-state index in [1.54, 1.807) is 17.2 Å². The summed E-state index contributed by atoms with van der Waals surface area (Å²) in [6.07, 6.45) is 5.28. The van der Waals surface area contributed by atoms with Crippen molar-refractivity contribution >= 4 is 45.4 Å². The van der Waals surface area contributed by atoms with Crippen molar-refractivity contribution in [1.82, 2.24) is 9.88 Å². The van der Waals surface area contributed by atoms with Crippen molar-refractivity contribution < 1.29 is 4.79 Å². The standard InChI is InChI=1S/C16H13N3OS2/c1-2-9-19-14(20)13(11-12-6-4-3-5-7-12)22-16(19)18-15-17-8-10-21-15/h2-8,10-11H,1,9H2/b13-11-,18-16?. The molecule has 1 saturated heterocycles. The van der Waals surface area contributed by atoms with Gasteiger partial charge in [0.15, 0.2) is 5.17 Å². The fourth-order valence-corrected chi connectivity index (χ4v) is 3.49. The molecule has 6 heteroatoms. The summed E-state index contributed by atoms with van der Waals surface area (Å²) >= 11 is 2.81. The second-order valence-corrected chi connectivity index (χ2v) is 6.32. The highest BCUT2D eigenvalue weighted by Crippen LogP contribution is 2.34. The van der Waals surface area contributed by atoms with Gasteiger partial charge in [0.1, 0.15) is 0 Å². The van der Waals surface area contributed by atoms with Crippen molar-refractivity contribution in [2.45, 2.75) is 0 Å². The average Bonchev–Trinajstić information content (AvgIpc) is 3.13. The van der Waals surface area contributed by atoms with Crippen LogP contribution in [0.25, 0.3) is 6.08 Å². The molecular weight excluding hydrogens is 314 g/mol. The Morgan fingerprint density at radius 2 is 2.14 bits per heavy atom. The number of hydrogen-bond donors (Lipinski definition) is 0. The molecule has 1 aromatic heterocycles. The Balaban J connectivity index is 1.93. The van der Waals surface area contributed by atoms with Gasteiger partial charge in [0.2, 0.25) is 5.13 Å². The van der Waals surface area contributed by atoms with Crippen LogP contribution in [0.15, 0.2) is 64.5 Å². The Morgan fingerprint density at radius 1 is 1.32 bits per heavy atom. The van der Waals surface area contributed by atoms with Gasteiger partial charge in [-0.25, -0.2) is 4.98 Å². The van der Waals surface area contributed by atoms with E-state index in [1.807, 2.05) is 41.8 Å². The summed E-state index contributed by atoms with van der Waals surface area (Å²) < 4.78 is 0. The van der Waals surface area contributed by atoms with E-state index in [-0.39, 0.29) is 5.91 Å². The fourth-order valence-electron chi connectivity index (χ4n) is 1.94. The lowest BCUT2D eigenvalue weighted by Crippen LogP contribution is -2.29. The number of amidine groups is 1. The van der Waals surface area contributed by atoms with Gasteiger partial charge in [-0.05, 0) is 23.4 Å². The van der Waals surface area contributed by atoms with E-state index in [2.05, 4.69) is 16.6 Å². The predicted octanol–water partition coefficient (Wildman–Crippen LogP) is 3.93. The highest BCUT2D eigenvalue weighted by atomic mass is 32.2. The second kappa shape index (κ2) is 6.72. The number of thioether (sulfide) groups is 1. The van der Waals surface area contributed by atoms with Crippen LogP contribution in [0.4, 0.5) is 5.13 Å². The molecule has 1 fully saturated rings. The largest absolute Gasteiger partial charge is 0.282 e. The molecule has 2 heterocycles. The lowest BCUT2D eigenvalue weighted by molar-refractivity contribution is -0.121. The monoisotopic (exact) mass is 327 g/mol. The molecular formula is C16H13N3OS2. The maximum atomic E-state index is 12.5. The van der Waals surface area contributed by atoms with Crippen molar-refractivity contribution in [2.24, 2.45) is 4.99 Å². The van der Waals surface area contributed by atoms with Crippen molar-refractivity contribution in [3.8, 4) is 0 Å². The third-order valence-electron chi connectivity index (χ3n) is 2.91. The van der Waals surface area contributed by atoms with Crippen molar-refractivity contribution in [2.75, 3.05) is 6.54 Å². The summed E-state index contributed by atoms with van der Waals surface area (Å²) in [6, 6.07) is 9.78. The summed E-state index contributed by atoms with van der Waals surface area (Å²) in [5.74, 6) is -0.0518. The SMILES string of the molecule is C=CCN1C(=O)/C(=C/c2ccccc2)SC1=Nc1nccs1. The quantitative estimate of drug-likeness (QED) is 0.631. The number of aromatic nitrogens is 1. The minimum atomic E-state index is -0.0518. The Hall–Kier alpha value is -2.18. The smallest absolute Gasteiger partial charge is 0.267 e. The summed E-state index contributed by atoms with van der Waals surface area (Å²) in [7, 11) is 0. The minimum Gasteiger partial charge on any atom is -0.282 e. The van der Waals surface area contributed by atoms with Crippen LogP contribution in [0.2, 0.25) is 0 Å². The number of nitrogens with zero attached hydrogens (tertiary/aromatic N) is 3. The first-order valence-electron chi connectivity index (χ1n) is 6.63. The molecule has 22 heavy (non-hydrogen) atoms. The summed E-state index contributed by atoms with van der Waals surface area (Å²) in [6.45, 7) is 4.14. The van der Waals surface area contributed by atoms with E-state index in [1.165, 1.54) is 23.1 Å². The van der Waals surface area contributed by atoms with Crippen LogP contribution in [-0.2, 0) is 4.79 Å². The van der Waals surface area contributed by atoms with Crippen molar-refractivity contribution in [1.29, 1.82) is 0 Å². The van der Waals surface area contributed by atoms with E-state index in [0.29, 0.717) is 21.7 Å². The molecule has 1 aromatic carbocycles. The Morgan fingerprint density at radius 3 is 2.82 bits per heavy atom. The van der Waals surface area contributed by atoms with Crippen LogP contribution in [0.1, 0.15) is 5.56 Å². The molecule has 0 radical (unpaired) electrons. The van der Waals surface area contributed by atoms with Crippen molar-refractivity contribution in [3.63, 3.8) is 0 Å². The van der Waals surface area contributed by atoms with Gasteiger partial charge in [-0.1, -0.05) is 36.4 Å². The maximum Gasteiger partial charge on any atom is 0.267 e.